The van der Waals surface area contributed by atoms with E-state index in [9.17, 15) is 19.2 Å². The Balaban J connectivity index is 2.04. The van der Waals surface area contributed by atoms with Crippen molar-refractivity contribution in [1.29, 1.82) is 0 Å². The lowest BCUT2D eigenvalue weighted by molar-refractivity contribution is -0.145. The molecular formula is C30H42ClN3O8. The Labute approximate surface area is 252 Å². The van der Waals surface area contributed by atoms with E-state index >= 15 is 0 Å². The highest BCUT2D eigenvalue weighted by atomic mass is 35.5. The minimum absolute atomic E-state index is 0.0362. The van der Waals surface area contributed by atoms with Crippen molar-refractivity contribution >= 4 is 35.4 Å². The summed E-state index contributed by atoms with van der Waals surface area (Å²) in [4.78, 5) is 50.2. The molecule has 1 aromatic carbocycles. The number of carbonyl (C=O) groups is 4. The number of hydrogen-bond acceptors (Lipinski definition) is 10. The van der Waals surface area contributed by atoms with Crippen LogP contribution in [0, 0.1) is 0 Å². The molecule has 0 aliphatic carbocycles. The van der Waals surface area contributed by atoms with Crippen molar-refractivity contribution in [2.24, 2.45) is 5.73 Å². The second-order valence-corrected chi connectivity index (χ2v) is 10.1. The first-order valence-electron chi connectivity index (χ1n) is 14.1. The van der Waals surface area contributed by atoms with Gasteiger partial charge in [0.25, 0.3) is 0 Å². The summed E-state index contributed by atoms with van der Waals surface area (Å²) in [6.45, 7) is 6.16. The average molecular weight is 608 g/mol. The van der Waals surface area contributed by atoms with E-state index in [1.54, 1.807) is 38.1 Å². The van der Waals surface area contributed by atoms with Crippen LogP contribution in [0.4, 0.5) is 0 Å². The summed E-state index contributed by atoms with van der Waals surface area (Å²) in [6, 6.07) is 6.06. The van der Waals surface area contributed by atoms with Crippen LogP contribution in [-0.2, 0) is 38.1 Å². The van der Waals surface area contributed by atoms with Gasteiger partial charge in [-0.1, -0.05) is 49.6 Å². The smallest absolute Gasteiger partial charge is 0.336 e. The van der Waals surface area contributed by atoms with Crippen molar-refractivity contribution in [2.75, 3.05) is 40.1 Å². The number of nitrogens with one attached hydrogen (secondary N) is 2. The van der Waals surface area contributed by atoms with E-state index in [1.807, 2.05) is 0 Å². The number of halogens is 1. The molecule has 1 aliphatic heterocycles. The maximum absolute atomic E-state index is 13.2. The second-order valence-electron chi connectivity index (χ2n) is 9.64. The van der Waals surface area contributed by atoms with Gasteiger partial charge in [-0.25, -0.2) is 9.59 Å². The van der Waals surface area contributed by atoms with Crippen molar-refractivity contribution in [2.45, 2.75) is 64.8 Å². The van der Waals surface area contributed by atoms with Crippen LogP contribution in [0.5, 0.6) is 0 Å². The normalized spacial score (nSPS) is 15.5. The zero-order chi connectivity index (χ0) is 31.1. The van der Waals surface area contributed by atoms with Gasteiger partial charge in [0.1, 0.15) is 6.04 Å². The number of nitrogens with two attached hydrogens (primary N) is 1. The summed E-state index contributed by atoms with van der Waals surface area (Å²) in [7, 11) is 1.26. The minimum Gasteiger partial charge on any atom is -0.466 e. The molecule has 0 aromatic heterocycles. The van der Waals surface area contributed by atoms with Crippen LogP contribution in [-0.4, -0.2) is 69.9 Å². The van der Waals surface area contributed by atoms with E-state index in [0.717, 1.165) is 19.3 Å². The molecule has 1 amide bonds. The Morgan fingerprint density at radius 3 is 2.45 bits per heavy atom. The lowest BCUT2D eigenvalue weighted by Gasteiger charge is -2.31. The molecule has 42 heavy (non-hydrogen) atoms. The standard InChI is InChI=1S/C30H42ClN3O8/c1-5-7-10-16-42-28(36)22(32)13-14-24(35)33-15-17-40-18-23-27(30(38)41-6-2)26(20-11-8-9-12-21(20)31)25(19(3)34-23)29(37)39-4/h8-9,11-12,22,26,34H,5-7,10,13-18,32H2,1-4H3,(H,33,35)/t22-,26?/m0/s1. The molecule has 0 saturated heterocycles. The van der Waals surface area contributed by atoms with Gasteiger partial charge in [-0.2, -0.15) is 0 Å². The summed E-state index contributed by atoms with van der Waals surface area (Å²) in [5.74, 6) is -2.89. The summed E-state index contributed by atoms with van der Waals surface area (Å²) >= 11 is 6.51. The molecule has 2 rings (SSSR count). The number of methoxy groups -OCH3 is 1. The number of rotatable bonds is 17. The molecule has 232 valence electrons. The Morgan fingerprint density at radius 1 is 1.05 bits per heavy atom. The lowest BCUT2D eigenvalue weighted by Crippen LogP contribution is -2.36. The molecule has 0 fully saturated rings. The number of esters is 3. The Bertz CT molecular complexity index is 1170. The van der Waals surface area contributed by atoms with Crippen molar-refractivity contribution in [3.63, 3.8) is 0 Å². The molecule has 12 heteroatoms. The Morgan fingerprint density at radius 2 is 1.79 bits per heavy atom. The predicted octanol–water partition coefficient (Wildman–Crippen LogP) is 3.26. The molecule has 2 atom stereocenters. The fourth-order valence-electron chi connectivity index (χ4n) is 4.42. The van der Waals surface area contributed by atoms with Crippen LogP contribution in [0.1, 0.15) is 64.4 Å². The number of amides is 1. The summed E-state index contributed by atoms with van der Waals surface area (Å²) in [6.07, 6.45) is 3.00. The van der Waals surface area contributed by atoms with E-state index in [1.165, 1.54) is 7.11 Å². The van der Waals surface area contributed by atoms with Gasteiger partial charge in [-0.3, -0.25) is 9.59 Å². The van der Waals surface area contributed by atoms with Crippen LogP contribution in [0.25, 0.3) is 0 Å². The third-order valence-electron chi connectivity index (χ3n) is 6.55. The monoisotopic (exact) mass is 607 g/mol. The van der Waals surface area contributed by atoms with Crippen molar-refractivity contribution in [3.05, 3.63) is 57.4 Å². The first-order chi connectivity index (χ1) is 20.2. The number of ether oxygens (including phenoxy) is 4. The van der Waals surface area contributed by atoms with Gasteiger partial charge < -0.3 is 35.3 Å². The SMILES string of the molecule is CCCCCOC(=O)[C@@H](N)CCC(=O)NCCOCC1=C(C(=O)OCC)C(c2ccccc2Cl)C(C(=O)OC)=C(C)N1. The first-order valence-corrected chi connectivity index (χ1v) is 14.5. The molecule has 11 nitrogen and oxygen atoms in total. The molecule has 1 aliphatic rings. The van der Waals surface area contributed by atoms with Crippen LogP contribution in [0.3, 0.4) is 0 Å². The average Bonchev–Trinajstić information content (AvgIpc) is 2.97. The maximum atomic E-state index is 13.2. The molecule has 4 N–H and O–H groups in total. The van der Waals surface area contributed by atoms with E-state index in [4.69, 9.17) is 36.3 Å². The highest BCUT2D eigenvalue weighted by Crippen LogP contribution is 2.41. The highest BCUT2D eigenvalue weighted by molar-refractivity contribution is 6.31. The van der Waals surface area contributed by atoms with Crippen LogP contribution < -0.4 is 16.4 Å². The molecule has 0 bridgehead atoms. The third kappa shape index (κ3) is 10.1. The number of allylic oxidation sites excluding steroid dienone is 1. The third-order valence-corrected chi connectivity index (χ3v) is 6.90. The van der Waals surface area contributed by atoms with Crippen molar-refractivity contribution in [3.8, 4) is 0 Å². The van der Waals surface area contributed by atoms with E-state index in [-0.39, 0.29) is 56.3 Å². The topological polar surface area (TPSA) is 155 Å². The Hall–Kier alpha value is -3.41. The number of unbranched alkanes of at least 4 members (excludes halogenated alkanes) is 2. The van der Waals surface area contributed by atoms with Crippen LogP contribution in [0.15, 0.2) is 46.8 Å². The van der Waals surface area contributed by atoms with Crippen LogP contribution in [0.2, 0.25) is 5.02 Å². The number of hydrogen-bond donors (Lipinski definition) is 3. The largest absolute Gasteiger partial charge is 0.466 e. The predicted molar refractivity (Wildman–Crippen MR) is 157 cm³/mol. The molecule has 0 radical (unpaired) electrons. The second kappa shape index (κ2) is 18.2. The van der Waals surface area contributed by atoms with E-state index in [2.05, 4.69) is 17.6 Å². The maximum Gasteiger partial charge on any atom is 0.336 e. The summed E-state index contributed by atoms with van der Waals surface area (Å²) < 4.78 is 21.3. The molecule has 0 saturated carbocycles. The molecule has 0 spiro atoms. The van der Waals surface area contributed by atoms with Crippen LogP contribution >= 0.6 is 11.6 Å². The summed E-state index contributed by atoms with van der Waals surface area (Å²) in [5.41, 5.74) is 7.66. The van der Waals surface area contributed by atoms with Gasteiger partial charge in [-0.05, 0) is 38.3 Å². The minimum atomic E-state index is -0.864. The first kappa shape index (κ1) is 34.8. The molecule has 1 aromatic rings. The zero-order valence-corrected chi connectivity index (χ0v) is 25.5. The number of carbonyl (C=O) groups excluding carboxylic acids is 4. The van der Waals surface area contributed by atoms with Gasteiger partial charge in [0.2, 0.25) is 5.91 Å². The fraction of sp³-hybridized carbons (Fsp3) is 0.533. The van der Waals surface area contributed by atoms with Gasteiger partial charge >= 0.3 is 17.9 Å². The zero-order valence-electron chi connectivity index (χ0n) is 24.8. The van der Waals surface area contributed by atoms with Gasteiger partial charge in [0, 0.05) is 23.7 Å². The lowest BCUT2D eigenvalue weighted by atomic mass is 9.80. The fourth-order valence-corrected chi connectivity index (χ4v) is 4.67. The van der Waals surface area contributed by atoms with Crippen molar-refractivity contribution in [1.82, 2.24) is 10.6 Å². The van der Waals surface area contributed by atoms with Gasteiger partial charge in [0.15, 0.2) is 0 Å². The summed E-state index contributed by atoms with van der Waals surface area (Å²) in [5, 5.41) is 6.19. The van der Waals surface area contributed by atoms with Crippen molar-refractivity contribution < 1.29 is 38.1 Å². The highest BCUT2D eigenvalue weighted by Gasteiger charge is 2.39. The Kier molecular flexibility index (Phi) is 15.1. The van der Waals surface area contributed by atoms with E-state index in [0.29, 0.717) is 28.6 Å². The van der Waals surface area contributed by atoms with E-state index < -0.39 is 29.9 Å². The number of benzene rings is 1. The molecular weight excluding hydrogens is 566 g/mol. The molecule has 1 heterocycles. The van der Waals surface area contributed by atoms with Gasteiger partial charge in [0.05, 0.1) is 56.3 Å². The molecule has 1 unspecified atom stereocenters. The van der Waals surface area contributed by atoms with Gasteiger partial charge in [-0.15, -0.1) is 0 Å². The quantitative estimate of drug-likeness (QED) is 0.136. The number of dihydropyridines is 1.